The summed E-state index contributed by atoms with van der Waals surface area (Å²) in [6.45, 7) is 4.92. The molecule has 0 aliphatic carbocycles. The van der Waals surface area contributed by atoms with Crippen LogP contribution in [-0.2, 0) is 19.1 Å². The number of amides is 2. The van der Waals surface area contributed by atoms with Crippen molar-refractivity contribution in [1.82, 2.24) is 19.6 Å². The van der Waals surface area contributed by atoms with Crippen molar-refractivity contribution >= 4 is 63.6 Å². The highest BCUT2D eigenvalue weighted by atomic mass is 32.2. The van der Waals surface area contributed by atoms with E-state index in [4.69, 9.17) is 21.9 Å². The van der Waals surface area contributed by atoms with E-state index in [1.165, 1.54) is 22.5 Å². The predicted molar refractivity (Wildman–Crippen MR) is 137 cm³/mol. The van der Waals surface area contributed by atoms with Crippen LogP contribution in [0.1, 0.15) is 30.9 Å². The van der Waals surface area contributed by atoms with Crippen LogP contribution in [-0.4, -0.2) is 69.2 Å². The average Bonchev–Trinajstić information content (AvgIpc) is 3.10. The van der Waals surface area contributed by atoms with Gasteiger partial charge in [-0.1, -0.05) is 37.0 Å². The minimum absolute atomic E-state index is 0.148. The standard InChI is InChI=1S/C23H25N5O5S2/c1-4-8-27-22(32)16(35-23(27)34)10-14-19(25-17-6-5-13(2)12-28(17)21(14)31)26-9-7-24-20(30)15(26)11-18(29)33-3/h5-6,10,12,15H,4,7-9,11H2,1-3H3,(H,24,30)/b16-10-. The van der Waals surface area contributed by atoms with Crippen LogP contribution >= 0.6 is 24.0 Å². The topological polar surface area (TPSA) is 113 Å². The van der Waals surface area contributed by atoms with E-state index >= 15 is 0 Å². The molecule has 35 heavy (non-hydrogen) atoms. The quantitative estimate of drug-likeness (QED) is 0.347. The van der Waals surface area contributed by atoms with Gasteiger partial charge in [-0.15, -0.1) is 0 Å². The lowest BCUT2D eigenvalue weighted by atomic mass is 10.1. The van der Waals surface area contributed by atoms with Crippen LogP contribution in [0.5, 0.6) is 0 Å². The van der Waals surface area contributed by atoms with Gasteiger partial charge in [-0.2, -0.15) is 0 Å². The summed E-state index contributed by atoms with van der Waals surface area (Å²) in [6.07, 6.45) is 3.69. The molecule has 12 heteroatoms. The first kappa shape index (κ1) is 24.9. The van der Waals surface area contributed by atoms with Crippen molar-refractivity contribution in [1.29, 1.82) is 0 Å². The number of aromatic nitrogens is 2. The zero-order valence-corrected chi connectivity index (χ0v) is 21.2. The molecule has 1 unspecified atom stereocenters. The smallest absolute Gasteiger partial charge is 0.308 e. The van der Waals surface area contributed by atoms with Gasteiger partial charge in [0.15, 0.2) is 0 Å². The maximum Gasteiger partial charge on any atom is 0.308 e. The summed E-state index contributed by atoms with van der Waals surface area (Å²) >= 11 is 6.50. The van der Waals surface area contributed by atoms with E-state index in [2.05, 4.69) is 5.32 Å². The number of anilines is 1. The van der Waals surface area contributed by atoms with Gasteiger partial charge in [0.1, 0.15) is 21.8 Å². The number of carbonyl (C=O) groups excluding carboxylic acids is 3. The third kappa shape index (κ3) is 4.80. The Morgan fingerprint density at radius 3 is 2.83 bits per heavy atom. The fourth-order valence-corrected chi connectivity index (χ4v) is 5.34. The number of nitrogens with one attached hydrogen (secondary N) is 1. The van der Waals surface area contributed by atoms with Crippen LogP contribution in [0.2, 0.25) is 0 Å². The molecule has 2 aliphatic rings. The minimum atomic E-state index is -0.919. The highest BCUT2D eigenvalue weighted by Crippen LogP contribution is 2.34. The Hall–Kier alpha value is -3.25. The van der Waals surface area contributed by atoms with Crippen LogP contribution in [0, 0.1) is 6.92 Å². The molecule has 2 fully saturated rings. The lowest BCUT2D eigenvalue weighted by Gasteiger charge is -2.36. The van der Waals surface area contributed by atoms with E-state index in [1.54, 1.807) is 17.2 Å². The number of hydrogen-bond donors (Lipinski definition) is 1. The molecule has 0 spiro atoms. The number of piperazine rings is 1. The van der Waals surface area contributed by atoms with Gasteiger partial charge in [-0.05, 0) is 31.1 Å². The number of methoxy groups -OCH3 is 1. The summed E-state index contributed by atoms with van der Waals surface area (Å²) in [5.41, 5.74) is 0.997. The number of thiocarbonyl (C=S) groups is 1. The number of hydrogen-bond acceptors (Lipinski definition) is 9. The maximum atomic E-state index is 13.7. The Labute approximate surface area is 211 Å². The first-order chi connectivity index (χ1) is 16.7. The monoisotopic (exact) mass is 515 g/mol. The summed E-state index contributed by atoms with van der Waals surface area (Å²) in [5, 5.41) is 2.75. The van der Waals surface area contributed by atoms with E-state index in [0.29, 0.717) is 34.5 Å². The molecule has 10 nitrogen and oxygen atoms in total. The maximum absolute atomic E-state index is 13.7. The van der Waals surface area contributed by atoms with E-state index in [-0.39, 0.29) is 29.6 Å². The Bertz CT molecular complexity index is 1320. The van der Waals surface area contributed by atoms with Gasteiger partial charge >= 0.3 is 5.97 Å². The SMILES string of the molecule is CCCN1C(=O)/C(=C/c2c(N3CCNC(=O)C3CC(=O)OC)nc3ccc(C)cn3c2=O)SC1=S. The van der Waals surface area contributed by atoms with Gasteiger partial charge in [0.05, 0.1) is 24.0 Å². The molecule has 4 heterocycles. The molecule has 184 valence electrons. The summed E-state index contributed by atoms with van der Waals surface area (Å²) in [7, 11) is 1.25. The molecular weight excluding hydrogens is 490 g/mol. The molecule has 1 atom stereocenters. The number of fused-ring (bicyclic) bond motifs is 1. The first-order valence-corrected chi connectivity index (χ1v) is 12.4. The second kappa shape index (κ2) is 10.2. The molecule has 1 N–H and O–H groups in total. The van der Waals surface area contributed by atoms with Crippen molar-refractivity contribution in [2.45, 2.75) is 32.7 Å². The third-order valence-electron chi connectivity index (χ3n) is 5.77. The second-order valence-corrected chi connectivity index (χ2v) is 9.88. The Kier molecular flexibility index (Phi) is 7.22. The van der Waals surface area contributed by atoms with E-state index in [1.807, 2.05) is 19.9 Å². The van der Waals surface area contributed by atoms with Crippen LogP contribution in [0.3, 0.4) is 0 Å². The van der Waals surface area contributed by atoms with E-state index < -0.39 is 17.6 Å². The first-order valence-electron chi connectivity index (χ1n) is 11.1. The summed E-state index contributed by atoms with van der Waals surface area (Å²) in [6, 6.07) is 2.62. The number of esters is 1. The van der Waals surface area contributed by atoms with E-state index in [9.17, 15) is 19.2 Å². The lowest BCUT2D eigenvalue weighted by Crippen LogP contribution is -2.57. The van der Waals surface area contributed by atoms with Gasteiger partial charge in [-0.25, -0.2) is 4.98 Å². The molecule has 2 aliphatic heterocycles. The Balaban J connectivity index is 1.91. The molecular formula is C23H25N5O5S2. The van der Waals surface area contributed by atoms with Crippen molar-refractivity contribution < 1.29 is 19.1 Å². The zero-order valence-electron chi connectivity index (χ0n) is 19.6. The molecule has 4 rings (SSSR count). The number of thioether (sulfide) groups is 1. The summed E-state index contributed by atoms with van der Waals surface area (Å²) < 4.78 is 6.62. The van der Waals surface area contributed by atoms with Crippen LogP contribution in [0.4, 0.5) is 5.82 Å². The number of aryl methyl sites for hydroxylation is 1. The van der Waals surface area contributed by atoms with Gasteiger partial charge in [0, 0.05) is 25.8 Å². The summed E-state index contributed by atoms with van der Waals surface area (Å²) in [5.74, 6) is -0.979. The number of rotatable bonds is 6. The van der Waals surface area contributed by atoms with Crippen LogP contribution < -0.4 is 15.8 Å². The van der Waals surface area contributed by atoms with Crippen molar-refractivity contribution in [2.24, 2.45) is 0 Å². The molecule has 2 aromatic heterocycles. The molecule has 0 aromatic carbocycles. The largest absolute Gasteiger partial charge is 0.469 e. The molecule has 0 saturated carbocycles. The average molecular weight is 516 g/mol. The molecule has 2 amide bonds. The van der Waals surface area contributed by atoms with Gasteiger partial charge in [0.25, 0.3) is 11.5 Å². The van der Waals surface area contributed by atoms with Crippen molar-refractivity contribution in [3.8, 4) is 0 Å². The molecule has 2 saturated heterocycles. The predicted octanol–water partition coefficient (Wildman–Crippen LogP) is 1.48. The molecule has 0 bridgehead atoms. The number of carbonyl (C=O) groups is 3. The van der Waals surface area contributed by atoms with Crippen molar-refractivity contribution in [2.75, 3.05) is 31.6 Å². The lowest BCUT2D eigenvalue weighted by molar-refractivity contribution is -0.143. The number of ether oxygens (including phenoxy) is 1. The number of pyridine rings is 1. The highest BCUT2D eigenvalue weighted by Gasteiger charge is 2.36. The van der Waals surface area contributed by atoms with Crippen molar-refractivity contribution in [3.05, 3.63) is 44.7 Å². The van der Waals surface area contributed by atoms with Crippen molar-refractivity contribution in [3.63, 3.8) is 0 Å². The van der Waals surface area contributed by atoms with Gasteiger partial charge in [0.2, 0.25) is 5.91 Å². The van der Waals surface area contributed by atoms with Gasteiger partial charge in [-0.3, -0.25) is 28.5 Å². The van der Waals surface area contributed by atoms with E-state index in [0.717, 1.165) is 23.7 Å². The second-order valence-electron chi connectivity index (χ2n) is 8.20. The van der Waals surface area contributed by atoms with Crippen LogP contribution in [0.15, 0.2) is 28.0 Å². The normalized spacial score (nSPS) is 19.6. The minimum Gasteiger partial charge on any atom is -0.469 e. The zero-order chi connectivity index (χ0) is 25.3. The Morgan fingerprint density at radius 2 is 2.11 bits per heavy atom. The fraction of sp³-hybridized carbons (Fsp3) is 0.391. The molecule has 2 aromatic rings. The highest BCUT2D eigenvalue weighted by molar-refractivity contribution is 8.26. The number of nitrogens with zero attached hydrogens (tertiary/aromatic N) is 4. The Morgan fingerprint density at radius 1 is 1.34 bits per heavy atom. The third-order valence-corrected chi connectivity index (χ3v) is 7.15. The molecule has 0 radical (unpaired) electrons. The summed E-state index contributed by atoms with van der Waals surface area (Å²) in [4.78, 5) is 59.6. The van der Waals surface area contributed by atoms with Crippen LogP contribution in [0.25, 0.3) is 11.7 Å². The fourth-order valence-electron chi connectivity index (χ4n) is 4.05. The van der Waals surface area contributed by atoms with Gasteiger partial charge < -0.3 is 15.0 Å².